The molecule has 0 saturated carbocycles. The number of carbonyl (C=O) groups excluding carboxylic acids is 2. The number of hydrogen-bond donors (Lipinski definition) is 1. The van der Waals surface area contributed by atoms with Gasteiger partial charge in [0.1, 0.15) is 11.5 Å². The molecule has 1 unspecified atom stereocenters. The standard InChI is InChI=1S/C25H27N3O7/c1-34-18-9-7-17(8-10-18)23(29)21-22(19-5-2-3-6-20(19)28(32)33)27(25(31)24(21)30)12-4-11-26-13-15-35-16-14-26/h2-3,5-10,22,29H,4,11-16H2,1H3/b23-21+. The number of ketones is 1. The van der Waals surface area contributed by atoms with E-state index in [1.54, 1.807) is 30.3 Å². The minimum atomic E-state index is -1.08. The zero-order valence-corrected chi connectivity index (χ0v) is 19.4. The second kappa shape index (κ2) is 10.7. The predicted molar refractivity (Wildman–Crippen MR) is 127 cm³/mol. The van der Waals surface area contributed by atoms with Crippen molar-refractivity contribution in [2.45, 2.75) is 12.5 Å². The van der Waals surface area contributed by atoms with Crippen LogP contribution in [0.25, 0.3) is 5.76 Å². The van der Waals surface area contributed by atoms with Crippen molar-refractivity contribution in [2.24, 2.45) is 0 Å². The van der Waals surface area contributed by atoms with Gasteiger partial charge in [0.25, 0.3) is 17.4 Å². The average molecular weight is 482 g/mol. The number of carbonyl (C=O) groups is 2. The van der Waals surface area contributed by atoms with Crippen LogP contribution in [0.3, 0.4) is 0 Å². The van der Waals surface area contributed by atoms with Crippen molar-refractivity contribution in [2.75, 3.05) is 46.5 Å². The zero-order chi connectivity index (χ0) is 24.9. The van der Waals surface area contributed by atoms with Crippen molar-refractivity contribution in [3.63, 3.8) is 0 Å². The van der Waals surface area contributed by atoms with Crippen LogP contribution in [0, 0.1) is 10.1 Å². The van der Waals surface area contributed by atoms with E-state index in [1.807, 2.05) is 0 Å². The number of hydrogen-bond acceptors (Lipinski definition) is 8. The lowest BCUT2D eigenvalue weighted by Gasteiger charge is -2.29. The van der Waals surface area contributed by atoms with Crippen LogP contribution in [-0.4, -0.2) is 78.0 Å². The molecular weight excluding hydrogens is 454 g/mol. The number of aliphatic hydroxyl groups excluding tert-OH is 1. The van der Waals surface area contributed by atoms with Gasteiger partial charge in [0, 0.05) is 37.8 Å². The number of methoxy groups -OCH3 is 1. The van der Waals surface area contributed by atoms with Crippen molar-refractivity contribution in [3.05, 3.63) is 75.3 Å². The van der Waals surface area contributed by atoms with E-state index in [1.165, 1.54) is 30.2 Å². The maximum absolute atomic E-state index is 13.2. The Hall–Kier alpha value is -3.76. The third kappa shape index (κ3) is 5.03. The van der Waals surface area contributed by atoms with E-state index in [0.717, 1.165) is 13.1 Å². The molecule has 0 aliphatic carbocycles. The number of para-hydroxylation sites is 1. The molecule has 1 atom stereocenters. The zero-order valence-electron chi connectivity index (χ0n) is 19.4. The van der Waals surface area contributed by atoms with Crippen molar-refractivity contribution < 1.29 is 29.1 Å². The molecule has 2 saturated heterocycles. The molecule has 0 aromatic heterocycles. The van der Waals surface area contributed by atoms with Crippen LogP contribution in [0.5, 0.6) is 5.75 Å². The van der Waals surface area contributed by atoms with Gasteiger partial charge in [0.2, 0.25) is 0 Å². The second-order valence-electron chi connectivity index (χ2n) is 8.34. The summed E-state index contributed by atoms with van der Waals surface area (Å²) in [4.78, 5) is 41.0. The summed E-state index contributed by atoms with van der Waals surface area (Å²) in [7, 11) is 1.51. The molecule has 184 valence electrons. The van der Waals surface area contributed by atoms with E-state index in [9.17, 15) is 24.8 Å². The Morgan fingerprint density at radius 3 is 2.46 bits per heavy atom. The van der Waals surface area contributed by atoms with Gasteiger partial charge in [-0.25, -0.2) is 0 Å². The lowest BCUT2D eigenvalue weighted by Crippen LogP contribution is -2.39. The Bertz CT molecular complexity index is 1140. The normalized spacial score (nSPS) is 20.3. The summed E-state index contributed by atoms with van der Waals surface area (Å²) in [6.07, 6.45) is 0.562. The number of nitro groups is 1. The largest absolute Gasteiger partial charge is 0.507 e. The number of nitro benzene ring substituents is 1. The SMILES string of the molecule is COc1ccc(/C(O)=C2\C(=O)C(=O)N(CCCN3CCOCC3)C2c2ccccc2[N+](=O)[O-])cc1. The van der Waals surface area contributed by atoms with Gasteiger partial charge in [0.15, 0.2) is 0 Å². The smallest absolute Gasteiger partial charge is 0.295 e. The summed E-state index contributed by atoms with van der Waals surface area (Å²) >= 11 is 0. The number of ether oxygens (including phenoxy) is 2. The Kier molecular flexibility index (Phi) is 7.42. The number of rotatable bonds is 8. The van der Waals surface area contributed by atoms with Crippen molar-refractivity contribution >= 4 is 23.1 Å². The van der Waals surface area contributed by atoms with Gasteiger partial charge < -0.3 is 19.5 Å². The fourth-order valence-corrected chi connectivity index (χ4v) is 4.51. The number of aliphatic hydroxyl groups is 1. The van der Waals surface area contributed by atoms with Crippen LogP contribution in [0.2, 0.25) is 0 Å². The van der Waals surface area contributed by atoms with E-state index < -0.39 is 22.7 Å². The molecule has 2 aliphatic rings. The molecule has 35 heavy (non-hydrogen) atoms. The minimum absolute atomic E-state index is 0.166. The number of amides is 1. The summed E-state index contributed by atoms with van der Waals surface area (Å²) in [6.45, 7) is 3.74. The molecule has 2 fully saturated rings. The molecular formula is C25H27N3O7. The highest BCUT2D eigenvalue weighted by atomic mass is 16.6. The molecule has 0 spiro atoms. The van der Waals surface area contributed by atoms with Crippen LogP contribution in [0.15, 0.2) is 54.1 Å². The van der Waals surface area contributed by atoms with Gasteiger partial charge >= 0.3 is 0 Å². The van der Waals surface area contributed by atoms with Crippen LogP contribution in [0.1, 0.15) is 23.6 Å². The van der Waals surface area contributed by atoms with Gasteiger partial charge in [-0.05, 0) is 36.8 Å². The number of benzene rings is 2. The molecule has 0 bridgehead atoms. The van der Waals surface area contributed by atoms with Crippen molar-refractivity contribution in [1.82, 2.24) is 9.80 Å². The summed E-state index contributed by atoms with van der Waals surface area (Å²) in [5.74, 6) is -1.48. The summed E-state index contributed by atoms with van der Waals surface area (Å²) in [5.41, 5.74) is 0.0953. The van der Waals surface area contributed by atoms with Gasteiger partial charge in [-0.3, -0.25) is 24.6 Å². The molecule has 4 rings (SSSR count). The maximum atomic E-state index is 13.2. The van der Waals surface area contributed by atoms with E-state index >= 15 is 0 Å². The first-order chi connectivity index (χ1) is 16.9. The minimum Gasteiger partial charge on any atom is -0.507 e. The van der Waals surface area contributed by atoms with E-state index in [2.05, 4.69) is 4.90 Å². The first kappa shape index (κ1) is 24.4. The van der Waals surface area contributed by atoms with Crippen molar-refractivity contribution in [1.29, 1.82) is 0 Å². The predicted octanol–water partition coefficient (Wildman–Crippen LogP) is 2.75. The quantitative estimate of drug-likeness (QED) is 0.201. The maximum Gasteiger partial charge on any atom is 0.295 e. The molecule has 10 heteroatoms. The fraction of sp³-hybridized carbons (Fsp3) is 0.360. The lowest BCUT2D eigenvalue weighted by atomic mass is 9.94. The number of Topliss-reactive ketones (excluding diaryl/α,β-unsaturated/α-hetero) is 1. The number of nitrogens with zero attached hydrogens (tertiary/aromatic N) is 3. The molecule has 10 nitrogen and oxygen atoms in total. The first-order valence-electron chi connectivity index (χ1n) is 11.4. The van der Waals surface area contributed by atoms with Gasteiger partial charge in [-0.15, -0.1) is 0 Å². The monoisotopic (exact) mass is 481 g/mol. The average Bonchev–Trinajstić information content (AvgIpc) is 3.14. The summed E-state index contributed by atoms with van der Waals surface area (Å²) < 4.78 is 10.5. The topological polar surface area (TPSA) is 122 Å². The second-order valence-corrected chi connectivity index (χ2v) is 8.34. The number of likely N-dealkylation sites (tertiary alicyclic amines) is 1. The van der Waals surface area contributed by atoms with E-state index in [0.29, 0.717) is 37.5 Å². The number of morpholine rings is 1. The van der Waals surface area contributed by atoms with Crippen LogP contribution in [0.4, 0.5) is 5.69 Å². The lowest BCUT2D eigenvalue weighted by molar-refractivity contribution is -0.385. The molecule has 1 N–H and O–H groups in total. The molecule has 1 amide bonds. The summed E-state index contributed by atoms with van der Waals surface area (Å²) in [6, 6.07) is 11.3. The van der Waals surface area contributed by atoms with Crippen molar-refractivity contribution in [3.8, 4) is 5.75 Å². The fourth-order valence-electron chi connectivity index (χ4n) is 4.51. The third-order valence-electron chi connectivity index (χ3n) is 6.31. The molecule has 0 radical (unpaired) electrons. The van der Waals surface area contributed by atoms with Crippen LogP contribution in [-0.2, 0) is 14.3 Å². The Morgan fingerprint density at radius 1 is 1.11 bits per heavy atom. The van der Waals surface area contributed by atoms with Crippen LogP contribution >= 0.6 is 0 Å². The third-order valence-corrected chi connectivity index (χ3v) is 6.31. The van der Waals surface area contributed by atoms with Gasteiger partial charge in [-0.1, -0.05) is 12.1 Å². The molecule has 2 aromatic rings. The Labute approximate surface area is 202 Å². The molecule has 2 aliphatic heterocycles. The Morgan fingerprint density at radius 2 is 1.80 bits per heavy atom. The Balaban J connectivity index is 1.73. The molecule has 2 aromatic carbocycles. The summed E-state index contributed by atoms with van der Waals surface area (Å²) in [5, 5.41) is 22.9. The van der Waals surface area contributed by atoms with Gasteiger partial charge in [-0.2, -0.15) is 0 Å². The van der Waals surface area contributed by atoms with Gasteiger partial charge in [0.05, 0.1) is 42.4 Å². The van der Waals surface area contributed by atoms with Crippen LogP contribution < -0.4 is 4.74 Å². The first-order valence-corrected chi connectivity index (χ1v) is 11.4. The molecule has 2 heterocycles. The highest BCUT2D eigenvalue weighted by Crippen LogP contribution is 2.42. The highest BCUT2D eigenvalue weighted by molar-refractivity contribution is 6.46. The van der Waals surface area contributed by atoms with E-state index in [-0.39, 0.29) is 29.1 Å². The highest BCUT2D eigenvalue weighted by Gasteiger charge is 2.47. The van der Waals surface area contributed by atoms with E-state index in [4.69, 9.17) is 9.47 Å².